The number of carbonyl (C=O) groups is 1. The summed E-state index contributed by atoms with van der Waals surface area (Å²) in [4.78, 5) is 15.3. The molecule has 5 aliphatic rings. The van der Waals surface area contributed by atoms with Crippen molar-refractivity contribution in [1.82, 2.24) is 0 Å². The Hall–Kier alpha value is -1.59. The van der Waals surface area contributed by atoms with E-state index in [-0.39, 0.29) is 52.7 Å². The average molecular weight is 641 g/mol. The number of hydrogen-bond donors (Lipinski definition) is 1. The molecular weight excluding hydrogens is 580 g/mol. The van der Waals surface area contributed by atoms with Gasteiger partial charge in [0.15, 0.2) is 12.4 Å². The molecule has 10 atom stereocenters. The number of aliphatic hydroxyl groups excluding tert-OH is 1. The monoisotopic (exact) mass is 640 g/mol. The van der Waals surface area contributed by atoms with E-state index in [0.717, 1.165) is 18.5 Å². The van der Waals surface area contributed by atoms with Crippen LogP contribution in [0.5, 0.6) is 0 Å². The van der Waals surface area contributed by atoms with E-state index in [1.165, 1.54) is 56.9 Å². The van der Waals surface area contributed by atoms with Crippen LogP contribution in [0, 0.1) is 56.7 Å². The average Bonchev–Trinajstić information content (AvgIpc) is 3.36. The number of aromatic nitrogens is 1. The van der Waals surface area contributed by atoms with Crippen molar-refractivity contribution in [2.45, 2.75) is 118 Å². The Kier molecular flexibility index (Phi) is 9.13. The topological polar surface area (TPSA) is 53.7 Å². The molecule has 0 spiro atoms. The second-order valence-electron chi connectivity index (χ2n) is 17.7. The highest BCUT2D eigenvalue weighted by Crippen LogP contribution is 2.77. The fraction of sp³-hybridized carbons (Fsp3) is 0.795. The summed E-state index contributed by atoms with van der Waals surface area (Å²) in [6.07, 6.45) is 15.9. The fourth-order valence-electron chi connectivity index (χ4n) is 12.9. The highest BCUT2D eigenvalue weighted by Gasteiger charge is 2.71. The van der Waals surface area contributed by atoms with Crippen LogP contribution in [0.25, 0.3) is 0 Å². The van der Waals surface area contributed by atoms with Gasteiger partial charge in [0.25, 0.3) is 0 Å². The van der Waals surface area contributed by atoms with Crippen LogP contribution < -0.4 is 21.9 Å². The minimum atomic E-state index is -0.124. The number of fused-ring (bicyclic) bond motifs is 7. The molecule has 5 nitrogen and oxygen atoms in total. The van der Waals surface area contributed by atoms with Crippen LogP contribution >= 0.6 is 0 Å². The van der Waals surface area contributed by atoms with Gasteiger partial charge in [-0.2, -0.15) is 4.57 Å². The lowest BCUT2D eigenvalue weighted by Crippen LogP contribution is -3.00. The van der Waals surface area contributed by atoms with Crippen LogP contribution in [0.15, 0.2) is 36.7 Å². The summed E-state index contributed by atoms with van der Waals surface area (Å²) in [5, 5.41) is 10.8. The van der Waals surface area contributed by atoms with E-state index in [1.807, 2.05) is 43.2 Å². The largest absolute Gasteiger partial charge is 1.00 e. The Balaban J connectivity index is 0.00000400. The molecule has 0 aliphatic heterocycles. The van der Waals surface area contributed by atoms with Crippen LogP contribution in [0.4, 0.5) is 5.69 Å². The zero-order valence-corrected chi connectivity index (χ0v) is 30.3. The molecule has 6 heteroatoms. The molecule has 5 aliphatic carbocycles. The van der Waals surface area contributed by atoms with E-state index in [9.17, 15) is 9.90 Å². The summed E-state index contributed by atoms with van der Waals surface area (Å²) < 4.78 is 8.28. The Bertz CT molecular complexity index is 1280. The van der Waals surface area contributed by atoms with Gasteiger partial charge in [0.05, 0.1) is 0 Å². The zero-order valence-electron chi connectivity index (χ0n) is 29.5. The predicted molar refractivity (Wildman–Crippen MR) is 177 cm³/mol. The van der Waals surface area contributed by atoms with E-state index in [2.05, 4.69) is 53.0 Å². The number of ether oxygens (including phenoxy) is 1. The Morgan fingerprint density at radius 2 is 1.62 bits per heavy atom. The summed E-state index contributed by atoms with van der Waals surface area (Å²) in [6.45, 7) is 20.1. The van der Waals surface area contributed by atoms with Gasteiger partial charge >= 0.3 is 5.97 Å². The van der Waals surface area contributed by atoms with Gasteiger partial charge in [-0.15, -0.1) is 0 Å². The second kappa shape index (κ2) is 11.8. The highest BCUT2D eigenvalue weighted by molar-refractivity contribution is 5.68. The number of aliphatic hydroxyl groups is 1. The third kappa shape index (κ3) is 5.11. The molecule has 0 aromatic carbocycles. The quantitative estimate of drug-likeness (QED) is 0.281. The van der Waals surface area contributed by atoms with E-state index < -0.39 is 0 Å². The standard InChI is InChI=1S/C39H61N2O3.ClH/c1-26(2)28-12-19-39(25-42)21-20-37(6)29(34(28)39)10-11-31-36(5)17-14-32(35(3,4)30(36)13-18-38(31,37)7)44-33(43)24-41-22-15-27(16-23-41)40(8)9;/h15-16,22-23,28-32,34,42H,1,10-14,17-21,24-25H2,2-9H3;1H/q+1;/p-1/t28-,29+,30-,31+,32-,34+,36-,37+,38+,39+;/m0./s1. The smallest absolute Gasteiger partial charge is 0.372 e. The van der Waals surface area contributed by atoms with Crippen molar-refractivity contribution < 1.29 is 31.6 Å². The first-order valence-electron chi connectivity index (χ1n) is 17.8. The third-order valence-corrected chi connectivity index (χ3v) is 15.5. The Morgan fingerprint density at radius 1 is 0.933 bits per heavy atom. The van der Waals surface area contributed by atoms with Gasteiger partial charge in [0.2, 0.25) is 6.54 Å². The van der Waals surface area contributed by atoms with Gasteiger partial charge in [-0.25, -0.2) is 4.79 Å². The number of esters is 1. The molecule has 0 amide bonds. The summed E-state index contributed by atoms with van der Waals surface area (Å²) in [5.74, 6) is 2.91. The summed E-state index contributed by atoms with van der Waals surface area (Å²) in [7, 11) is 4.05. The van der Waals surface area contributed by atoms with Gasteiger partial charge in [-0.1, -0.05) is 46.8 Å². The molecule has 0 radical (unpaired) electrons. The van der Waals surface area contributed by atoms with Gasteiger partial charge in [0, 0.05) is 43.9 Å². The summed E-state index contributed by atoms with van der Waals surface area (Å²) in [6, 6.07) is 4.08. The van der Waals surface area contributed by atoms with Crippen LogP contribution in [0.1, 0.15) is 106 Å². The molecule has 0 saturated heterocycles. The highest BCUT2D eigenvalue weighted by atomic mass is 35.5. The normalized spacial score (nSPS) is 43.0. The second-order valence-corrected chi connectivity index (χ2v) is 17.7. The number of pyridine rings is 1. The molecule has 252 valence electrons. The Labute approximate surface area is 280 Å². The first kappa shape index (κ1) is 34.7. The number of carbonyl (C=O) groups excluding carboxylic acids is 1. The third-order valence-electron chi connectivity index (χ3n) is 15.5. The first-order valence-corrected chi connectivity index (χ1v) is 17.8. The van der Waals surface area contributed by atoms with Crippen LogP contribution in [0.2, 0.25) is 0 Å². The van der Waals surface area contributed by atoms with E-state index in [1.54, 1.807) is 0 Å². The van der Waals surface area contributed by atoms with Crippen molar-refractivity contribution in [2.24, 2.45) is 56.7 Å². The predicted octanol–water partition coefficient (Wildman–Crippen LogP) is 4.61. The molecule has 1 aromatic heterocycles. The van der Waals surface area contributed by atoms with Crippen molar-refractivity contribution in [3.8, 4) is 0 Å². The summed E-state index contributed by atoms with van der Waals surface area (Å²) in [5.41, 5.74) is 3.34. The lowest BCUT2D eigenvalue weighted by Gasteiger charge is -2.73. The number of allylic oxidation sites excluding steroid dienone is 1. The first-order chi connectivity index (χ1) is 20.6. The van der Waals surface area contributed by atoms with E-state index in [0.29, 0.717) is 41.6 Å². The lowest BCUT2D eigenvalue weighted by atomic mass is 9.32. The zero-order chi connectivity index (χ0) is 31.9. The number of halogens is 1. The lowest BCUT2D eigenvalue weighted by molar-refractivity contribution is -0.686. The molecule has 0 bridgehead atoms. The SMILES string of the molecule is C=C(C)[C@@H]1CC[C@]2(CO)CC[C@]3(C)[C@H](CC[C@@H]4[C@@]5(C)CC[C@H](OC(=O)C[n+]6ccc(N(C)C)cc6)C(C)(C)[C@@H]5CC[C@]43C)[C@@H]12.[Cl-]. The maximum Gasteiger partial charge on any atom is 0.372 e. The van der Waals surface area contributed by atoms with Crippen molar-refractivity contribution in [3.63, 3.8) is 0 Å². The minimum Gasteiger partial charge on any atom is -1.00 e. The minimum absolute atomic E-state index is 0. The molecule has 1 aromatic rings. The number of nitrogens with zero attached hydrogens (tertiary/aromatic N) is 2. The fourth-order valence-corrected chi connectivity index (χ4v) is 12.9. The molecule has 0 unspecified atom stereocenters. The van der Waals surface area contributed by atoms with E-state index in [4.69, 9.17) is 4.74 Å². The summed E-state index contributed by atoms with van der Waals surface area (Å²) >= 11 is 0. The van der Waals surface area contributed by atoms with E-state index >= 15 is 0 Å². The number of rotatable bonds is 6. The van der Waals surface area contributed by atoms with Crippen molar-refractivity contribution in [3.05, 3.63) is 36.7 Å². The van der Waals surface area contributed by atoms with Gasteiger partial charge in [0.1, 0.15) is 6.10 Å². The van der Waals surface area contributed by atoms with Crippen LogP contribution in [-0.2, 0) is 16.1 Å². The molecule has 6 rings (SSSR count). The molecule has 45 heavy (non-hydrogen) atoms. The van der Waals surface area contributed by atoms with Crippen LogP contribution in [-0.4, -0.2) is 37.9 Å². The van der Waals surface area contributed by atoms with Crippen molar-refractivity contribution in [1.29, 1.82) is 0 Å². The number of hydrogen-bond acceptors (Lipinski definition) is 4. The van der Waals surface area contributed by atoms with Gasteiger partial charge in [-0.3, -0.25) is 0 Å². The molecular formula is C39H61ClN2O3. The molecule has 1 N–H and O–H groups in total. The van der Waals surface area contributed by atoms with Gasteiger partial charge < -0.3 is 27.2 Å². The molecule has 5 fully saturated rings. The Morgan fingerprint density at radius 3 is 2.24 bits per heavy atom. The van der Waals surface area contributed by atoms with Crippen LogP contribution in [0.3, 0.4) is 0 Å². The molecule has 5 saturated carbocycles. The maximum absolute atomic E-state index is 13.2. The maximum atomic E-state index is 13.2. The van der Waals surface area contributed by atoms with Crippen molar-refractivity contribution >= 4 is 11.7 Å². The van der Waals surface area contributed by atoms with Gasteiger partial charge in [-0.05, 0) is 122 Å². The number of anilines is 1. The van der Waals surface area contributed by atoms with Crippen molar-refractivity contribution in [2.75, 3.05) is 25.6 Å². The molecule has 1 heterocycles.